The molecule has 3 rings (SSSR count). The molecule has 0 aliphatic rings. The molecule has 0 unspecified atom stereocenters. The fourth-order valence-electron chi connectivity index (χ4n) is 2.67. The number of rotatable bonds is 4. The van der Waals surface area contributed by atoms with Crippen molar-refractivity contribution in [1.82, 2.24) is 5.32 Å². The largest absolute Gasteiger partial charge is 0.478 e. The lowest BCUT2D eigenvalue weighted by atomic mass is 10.1. The molecule has 1 aromatic carbocycles. The van der Waals surface area contributed by atoms with Crippen molar-refractivity contribution in [1.29, 1.82) is 0 Å². The normalized spacial score (nSPS) is 10.9. The van der Waals surface area contributed by atoms with E-state index in [1.54, 1.807) is 25.2 Å². The summed E-state index contributed by atoms with van der Waals surface area (Å²) in [5.41, 5.74) is 1.42. The summed E-state index contributed by atoms with van der Waals surface area (Å²) in [7, 11) is 0. The maximum atomic E-state index is 12.5. The molecule has 2 aromatic heterocycles. The third-order valence-electron chi connectivity index (χ3n) is 3.70. The number of nitrogens with one attached hydrogen (secondary N) is 1. The van der Waals surface area contributed by atoms with E-state index in [1.807, 2.05) is 29.6 Å². The summed E-state index contributed by atoms with van der Waals surface area (Å²) in [6, 6.07) is 8.01. The second kappa shape index (κ2) is 6.14. The highest BCUT2D eigenvalue weighted by Crippen LogP contribution is 2.28. The molecule has 0 saturated carbocycles. The molecule has 0 atom stereocenters. The summed E-state index contributed by atoms with van der Waals surface area (Å²) in [5, 5.41) is 15.4. The van der Waals surface area contributed by atoms with Crippen molar-refractivity contribution in [2.24, 2.45) is 0 Å². The number of carbonyl (C=O) groups is 2. The number of aromatic carboxylic acids is 1. The first-order valence-electron chi connectivity index (χ1n) is 7.05. The molecule has 0 aliphatic carbocycles. The molecule has 6 heteroatoms. The van der Waals surface area contributed by atoms with Gasteiger partial charge in [-0.3, -0.25) is 4.79 Å². The molecule has 0 spiro atoms. The van der Waals surface area contributed by atoms with Crippen molar-refractivity contribution < 1.29 is 14.7 Å². The van der Waals surface area contributed by atoms with Gasteiger partial charge in [-0.15, -0.1) is 22.7 Å². The molecule has 2 N–H and O–H groups in total. The molecule has 3 aromatic rings. The minimum absolute atomic E-state index is 0.110. The van der Waals surface area contributed by atoms with Gasteiger partial charge in [0.15, 0.2) is 0 Å². The van der Waals surface area contributed by atoms with Crippen LogP contribution >= 0.6 is 22.7 Å². The highest BCUT2D eigenvalue weighted by atomic mass is 32.1. The second-order valence-electron chi connectivity index (χ2n) is 5.21. The number of amides is 1. The Labute approximate surface area is 141 Å². The Morgan fingerprint density at radius 1 is 1.13 bits per heavy atom. The Bertz CT molecular complexity index is 908. The molecular formula is C17H15NO3S2. The summed E-state index contributed by atoms with van der Waals surface area (Å²) in [4.78, 5) is 25.3. The maximum Gasteiger partial charge on any atom is 0.337 e. The SMILES string of the molecule is Cc1sc(C)c(C(=O)NCc2cccc3ccsc23)c1C(=O)O. The van der Waals surface area contributed by atoms with E-state index in [0.29, 0.717) is 11.4 Å². The summed E-state index contributed by atoms with van der Waals surface area (Å²) >= 11 is 2.97. The average Bonchev–Trinajstić information content (AvgIpc) is 3.08. The van der Waals surface area contributed by atoms with Crippen LogP contribution < -0.4 is 5.32 Å². The highest BCUT2D eigenvalue weighted by Gasteiger charge is 2.24. The monoisotopic (exact) mass is 345 g/mol. The van der Waals surface area contributed by atoms with E-state index in [-0.39, 0.29) is 17.0 Å². The van der Waals surface area contributed by atoms with Crippen molar-refractivity contribution in [3.05, 3.63) is 56.1 Å². The minimum Gasteiger partial charge on any atom is -0.478 e. The lowest BCUT2D eigenvalue weighted by Crippen LogP contribution is -2.25. The summed E-state index contributed by atoms with van der Waals surface area (Å²) in [6.45, 7) is 3.88. The van der Waals surface area contributed by atoms with Crippen molar-refractivity contribution >= 4 is 44.6 Å². The van der Waals surface area contributed by atoms with Crippen molar-refractivity contribution in [2.45, 2.75) is 20.4 Å². The number of aryl methyl sites for hydroxylation is 2. The van der Waals surface area contributed by atoms with Gasteiger partial charge >= 0.3 is 5.97 Å². The van der Waals surface area contributed by atoms with Crippen LogP contribution in [0.2, 0.25) is 0 Å². The third-order valence-corrected chi connectivity index (χ3v) is 5.73. The van der Waals surface area contributed by atoms with Crippen LogP contribution in [0.4, 0.5) is 0 Å². The van der Waals surface area contributed by atoms with Crippen LogP contribution in [-0.2, 0) is 6.54 Å². The van der Waals surface area contributed by atoms with Gasteiger partial charge in [0, 0.05) is 21.0 Å². The highest BCUT2D eigenvalue weighted by molar-refractivity contribution is 7.17. The molecular weight excluding hydrogens is 330 g/mol. The van der Waals surface area contributed by atoms with Crippen LogP contribution in [0.15, 0.2) is 29.6 Å². The zero-order valence-electron chi connectivity index (χ0n) is 12.7. The first-order chi connectivity index (χ1) is 11.0. The lowest BCUT2D eigenvalue weighted by Gasteiger charge is -2.07. The molecule has 0 radical (unpaired) electrons. The molecule has 0 saturated heterocycles. The number of hydrogen-bond acceptors (Lipinski definition) is 4. The van der Waals surface area contributed by atoms with E-state index >= 15 is 0 Å². The fourth-order valence-corrected chi connectivity index (χ4v) is 4.63. The van der Waals surface area contributed by atoms with E-state index < -0.39 is 5.97 Å². The Balaban J connectivity index is 1.86. The van der Waals surface area contributed by atoms with Gasteiger partial charge in [-0.1, -0.05) is 18.2 Å². The van der Waals surface area contributed by atoms with Gasteiger partial charge in [0.25, 0.3) is 5.91 Å². The summed E-state index contributed by atoms with van der Waals surface area (Å²) < 4.78 is 1.14. The Morgan fingerprint density at radius 2 is 1.87 bits per heavy atom. The first kappa shape index (κ1) is 15.7. The molecule has 2 heterocycles. The van der Waals surface area contributed by atoms with Gasteiger partial charge < -0.3 is 10.4 Å². The van der Waals surface area contributed by atoms with Gasteiger partial charge in [0.1, 0.15) is 0 Å². The number of fused-ring (bicyclic) bond motifs is 1. The Kier molecular flexibility index (Phi) is 4.19. The van der Waals surface area contributed by atoms with Crippen LogP contribution in [0, 0.1) is 13.8 Å². The average molecular weight is 345 g/mol. The smallest absolute Gasteiger partial charge is 0.337 e. The zero-order valence-corrected chi connectivity index (χ0v) is 14.3. The molecule has 0 bridgehead atoms. The molecule has 0 aliphatic heterocycles. The molecule has 4 nitrogen and oxygen atoms in total. The molecule has 118 valence electrons. The number of carboxylic acid groups (broad SMARTS) is 1. The Morgan fingerprint density at radius 3 is 2.61 bits per heavy atom. The van der Waals surface area contributed by atoms with Gasteiger partial charge in [0.2, 0.25) is 0 Å². The standard InChI is InChI=1S/C17H15NO3S2/c1-9-13(14(17(20)21)10(2)23-9)16(19)18-8-12-5-3-4-11-6-7-22-15(11)12/h3-7H,8H2,1-2H3,(H,18,19)(H,20,21). The van der Waals surface area contributed by atoms with E-state index in [0.717, 1.165) is 20.5 Å². The van der Waals surface area contributed by atoms with E-state index in [2.05, 4.69) is 5.32 Å². The van der Waals surface area contributed by atoms with Crippen LogP contribution in [0.1, 0.15) is 36.0 Å². The fraction of sp³-hybridized carbons (Fsp3) is 0.176. The van der Waals surface area contributed by atoms with Crippen LogP contribution in [0.5, 0.6) is 0 Å². The van der Waals surface area contributed by atoms with Crippen molar-refractivity contribution in [3.8, 4) is 0 Å². The number of hydrogen-bond donors (Lipinski definition) is 2. The summed E-state index contributed by atoms with van der Waals surface area (Å²) in [5.74, 6) is -1.39. The zero-order chi connectivity index (χ0) is 16.6. The van der Waals surface area contributed by atoms with E-state index in [9.17, 15) is 14.7 Å². The van der Waals surface area contributed by atoms with E-state index in [4.69, 9.17) is 0 Å². The predicted molar refractivity (Wildman–Crippen MR) is 93.7 cm³/mol. The number of benzene rings is 1. The number of thiophene rings is 2. The molecule has 1 amide bonds. The summed E-state index contributed by atoms with van der Waals surface area (Å²) in [6.07, 6.45) is 0. The number of carbonyl (C=O) groups excluding carboxylic acids is 1. The second-order valence-corrected chi connectivity index (χ2v) is 7.55. The van der Waals surface area contributed by atoms with Crippen molar-refractivity contribution in [2.75, 3.05) is 0 Å². The van der Waals surface area contributed by atoms with Gasteiger partial charge in [0.05, 0.1) is 11.1 Å². The van der Waals surface area contributed by atoms with Gasteiger partial charge in [-0.25, -0.2) is 4.79 Å². The lowest BCUT2D eigenvalue weighted by molar-refractivity contribution is 0.0691. The molecule has 0 fully saturated rings. The quantitative estimate of drug-likeness (QED) is 0.744. The topological polar surface area (TPSA) is 66.4 Å². The predicted octanol–water partition coefficient (Wildman–Crippen LogP) is 4.21. The molecule has 23 heavy (non-hydrogen) atoms. The van der Waals surface area contributed by atoms with Crippen LogP contribution in [0.25, 0.3) is 10.1 Å². The van der Waals surface area contributed by atoms with E-state index in [1.165, 1.54) is 11.3 Å². The van der Waals surface area contributed by atoms with Gasteiger partial charge in [-0.05, 0) is 36.2 Å². The van der Waals surface area contributed by atoms with Crippen molar-refractivity contribution in [3.63, 3.8) is 0 Å². The van der Waals surface area contributed by atoms with Crippen LogP contribution in [0.3, 0.4) is 0 Å². The maximum absolute atomic E-state index is 12.5. The van der Waals surface area contributed by atoms with Crippen LogP contribution in [-0.4, -0.2) is 17.0 Å². The first-order valence-corrected chi connectivity index (χ1v) is 8.75. The minimum atomic E-state index is -1.06. The Hall–Kier alpha value is -2.18. The third kappa shape index (κ3) is 2.87. The van der Waals surface area contributed by atoms with Gasteiger partial charge in [-0.2, -0.15) is 0 Å². The number of carboxylic acids is 1.